The minimum atomic E-state index is -1.12. The Balaban J connectivity index is 1.70. The normalized spacial score (nSPS) is 21.8. The summed E-state index contributed by atoms with van der Waals surface area (Å²) in [6, 6.07) is 10.5. The SMILES string of the molecule is CC(C)c1ccc([C@](O)(c2cncc(OC3CCCCC3)c2)C2(C)CN(C)C2)cc1. The van der Waals surface area contributed by atoms with E-state index < -0.39 is 5.60 Å². The number of aromatic nitrogens is 1. The first kappa shape index (κ1) is 21.3. The van der Waals surface area contributed by atoms with Crippen LogP contribution in [0, 0.1) is 5.41 Å². The Kier molecular flexibility index (Phi) is 5.91. The molecular weight excluding hydrogens is 372 g/mol. The summed E-state index contributed by atoms with van der Waals surface area (Å²) in [6.07, 6.45) is 9.84. The molecule has 0 bridgehead atoms. The van der Waals surface area contributed by atoms with Gasteiger partial charge in [-0.3, -0.25) is 4.98 Å². The molecule has 4 nitrogen and oxygen atoms in total. The van der Waals surface area contributed by atoms with Crippen molar-refractivity contribution < 1.29 is 9.84 Å². The fraction of sp³-hybridized carbons (Fsp3) is 0.577. The summed E-state index contributed by atoms with van der Waals surface area (Å²) >= 11 is 0. The van der Waals surface area contributed by atoms with Gasteiger partial charge in [-0.25, -0.2) is 0 Å². The molecule has 0 amide bonds. The predicted octanol–water partition coefficient (Wildman–Crippen LogP) is 5.10. The van der Waals surface area contributed by atoms with E-state index in [9.17, 15) is 5.11 Å². The van der Waals surface area contributed by atoms with Gasteiger partial charge in [0.15, 0.2) is 0 Å². The summed E-state index contributed by atoms with van der Waals surface area (Å²) in [4.78, 5) is 6.73. The molecule has 2 heterocycles. The third-order valence-electron chi connectivity index (χ3n) is 7.09. The monoisotopic (exact) mass is 408 g/mol. The van der Waals surface area contributed by atoms with Crippen molar-refractivity contribution in [3.63, 3.8) is 0 Å². The van der Waals surface area contributed by atoms with Crippen molar-refractivity contribution in [3.8, 4) is 5.75 Å². The zero-order valence-electron chi connectivity index (χ0n) is 18.9. The number of benzene rings is 1. The Morgan fingerprint density at radius 3 is 2.33 bits per heavy atom. The lowest BCUT2D eigenvalue weighted by Gasteiger charge is -2.55. The van der Waals surface area contributed by atoms with Gasteiger partial charge in [0, 0.05) is 30.3 Å². The minimum Gasteiger partial charge on any atom is -0.489 e. The van der Waals surface area contributed by atoms with Crippen molar-refractivity contribution in [1.29, 1.82) is 0 Å². The Bertz CT molecular complexity index is 852. The highest BCUT2D eigenvalue weighted by molar-refractivity contribution is 5.43. The second-order valence-electron chi connectivity index (χ2n) is 10.0. The van der Waals surface area contributed by atoms with E-state index >= 15 is 0 Å². The maximum Gasteiger partial charge on any atom is 0.138 e. The second-order valence-corrected chi connectivity index (χ2v) is 10.0. The van der Waals surface area contributed by atoms with Gasteiger partial charge in [-0.1, -0.05) is 51.5 Å². The number of hydrogen-bond donors (Lipinski definition) is 1. The molecule has 1 saturated carbocycles. The van der Waals surface area contributed by atoms with Crippen LogP contribution < -0.4 is 4.74 Å². The number of hydrogen-bond acceptors (Lipinski definition) is 4. The van der Waals surface area contributed by atoms with E-state index in [-0.39, 0.29) is 11.5 Å². The van der Waals surface area contributed by atoms with E-state index in [4.69, 9.17) is 4.74 Å². The molecule has 4 rings (SSSR count). The summed E-state index contributed by atoms with van der Waals surface area (Å²) < 4.78 is 6.28. The van der Waals surface area contributed by atoms with Crippen LogP contribution in [0.15, 0.2) is 42.7 Å². The summed E-state index contributed by atoms with van der Waals surface area (Å²) in [6.45, 7) is 8.24. The quantitative estimate of drug-likeness (QED) is 0.722. The van der Waals surface area contributed by atoms with E-state index in [1.807, 2.05) is 12.3 Å². The molecule has 1 N–H and O–H groups in total. The van der Waals surface area contributed by atoms with Crippen molar-refractivity contribution in [2.75, 3.05) is 20.1 Å². The highest BCUT2D eigenvalue weighted by atomic mass is 16.5. The largest absolute Gasteiger partial charge is 0.489 e. The number of aliphatic hydroxyl groups is 1. The molecule has 0 unspecified atom stereocenters. The molecule has 2 aromatic rings. The first-order valence-electron chi connectivity index (χ1n) is 11.5. The van der Waals surface area contributed by atoms with Gasteiger partial charge in [-0.05, 0) is 55.8 Å². The number of rotatable bonds is 6. The third-order valence-corrected chi connectivity index (χ3v) is 7.09. The summed E-state index contributed by atoms with van der Waals surface area (Å²) in [5.41, 5.74) is 1.63. The molecule has 1 saturated heterocycles. The first-order chi connectivity index (χ1) is 14.3. The van der Waals surface area contributed by atoms with Gasteiger partial charge in [0.25, 0.3) is 0 Å². The molecule has 1 aromatic carbocycles. The Hall–Kier alpha value is -1.91. The standard InChI is InChI=1S/C26H36N2O2/c1-19(2)20-10-12-21(13-11-20)26(29,25(3)17-28(4)18-25)22-14-24(16-27-15-22)30-23-8-6-5-7-9-23/h10-16,19,23,29H,5-9,17-18H2,1-4H3/t26-/m0/s1. The van der Waals surface area contributed by atoms with Crippen LogP contribution in [0.25, 0.3) is 0 Å². The molecular formula is C26H36N2O2. The summed E-state index contributed by atoms with van der Waals surface area (Å²) in [5, 5.41) is 12.3. The number of likely N-dealkylation sites (tertiary alicyclic amines) is 1. The van der Waals surface area contributed by atoms with E-state index in [1.165, 1.54) is 24.8 Å². The average Bonchev–Trinajstić information content (AvgIpc) is 2.73. The topological polar surface area (TPSA) is 45.6 Å². The van der Waals surface area contributed by atoms with Crippen molar-refractivity contribution in [2.24, 2.45) is 5.41 Å². The highest BCUT2D eigenvalue weighted by Gasteiger charge is 2.55. The highest BCUT2D eigenvalue weighted by Crippen LogP contribution is 2.50. The molecule has 1 aromatic heterocycles. The van der Waals surface area contributed by atoms with Crippen molar-refractivity contribution in [3.05, 3.63) is 59.4 Å². The lowest BCUT2D eigenvalue weighted by atomic mass is 9.62. The van der Waals surface area contributed by atoms with Crippen LogP contribution in [0.4, 0.5) is 0 Å². The Morgan fingerprint density at radius 1 is 1.07 bits per heavy atom. The zero-order chi connectivity index (χ0) is 21.4. The second kappa shape index (κ2) is 8.32. The van der Waals surface area contributed by atoms with Crippen LogP contribution in [0.2, 0.25) is 0 Å². The molecule has 1 aliphatic heterocycles. The zero-order valence-corrected chi connectivity index (χ0v) is 18.9. The molecule has 0 spiro atoms. The Morgan fingerprint density at radius 2 is 1.73 bits per heavy atom. The van der Waals surface area contributed by atoms with Crippen LogP contribution >= 0.6 is 0 Å². The van der Waals surface area contributed by atoms with Gasteiger partial charge >= 0.3 is 0 Å². The molecule has 1 aliphatic carbocycles. The van der Waals surface area contributed by atoms with Gasteiger partial charge < -0.3 is 14.7 Å². The minimum absolute atomic E-state index is 0.264. The van der Waals surface area contributed by atoms with Crippen LogP contribution in [-0.2, 0) is 5.60 Å². The number of pyridine rings is 1. The maximum absolute atomic E-state index is 12.3. The molecule has 30 heavy (non-hydrogen) atoms. The molecule has 162 valence electrons. The molecule has 2 aliphatic rings. The fourth-order valence-corrected chi connectivity index (χ4v) is 5.40. The van der Waals surface area contributed by atoms with E-state index in [0.29, 0.717) is 5.92 Å². The van der Waals surface area contributed by atoms with Gasteiger partial charge in [0.2, 0.25) is 0 Å². The van der Waals surface area contributed by atoms with E-state index in [2.05, 4.69) is 62.0 Å². The van der Waals surface area contributed by atoms with Gasteiger partial charge in [-0.2, -0.15) is 0 Å². The average molecular weight is 409 g/mol. The molecule has 4 heteroatoms. The van der Waals surface area contributed by atoms with Crippen LogP contribution in [0.5, 0.6) is 5.75 Å². The molecule has 0 radical (unpaired) electrons. The first-order valence-corrected chi connectivity index (χ1v) is 11.5. The van der Waals surface area contributed by atoms with Crippen molar-refractivity contribution in [2.45, 2.75) is 70.5 Å². The number of ether oxygens (including phenoxy) is 1. The van der Waals surface area contributed by atoms with Gasteiger partial charge in [-0.15, -0.1) is 0 Å². The van der Waals surface area contributed by atoms with E-state index in [1.54, 1.807) is 6.20 Å². The Labute approximate surface area is 181 Å². The molecule has 2 fully saturated rings. The smallest absolute Gasteiger partial charge is 0.138 e. The fourth-order valence-electron chi connectivity index (χ4n) is 5.40. The van der Waals surface area contributed by atoms with Gasteiger partial charge in [0.1, 0.15) is 11.4 Å². The maximum atomic E-state index is 12.3. The van der Waals surface area contributed by atoms with Crippen LogP contribution in [0.3, 0.4) is 0 Å². The number of nitrogens with zero attached hydrogens (tertiary/aromatic N) is 2. The summed E-state index contributed by atoms with van der Waals surface area (Å²) in [5.74, 6) is 1.24. The van der Waals surface area contributed by atoms with E-state index in [0.717, 1.165) is 42.8 Å². The van der Waals surface area contributed by atoms with Crippen LogP contribution in [0.1, 0.15) is 75.5 Å². The lowest BCUT2D eigenvalue weighted by molar-refractivity contribution is -0.127. The van der Waals surface area contributed by atoms with Crippen LogP contribution in [-0.4, -0.2) is 41.2 Å². The molecule has 1 atom stereocenters. The lowest BCUT2D eigenvalue weighted by Crippen LogP contribution is -2.63. The van der Waals surface area contributed by atoms with Gasteiger partial charge in [0.05, 0.1) is 12.3 Å². The third kappa shape index (κ3) is 3.88. The van der Waals surface area contributed by atoms with Crippen molar-refractivity contribution >= 4 is 0 Å². The summed E-state index contributed by atoms with van der Waals surface area (Å²) in [7, 11) is 2.10. The predicted molar refractivity (Wildman–Crippen MR) is 121 cm³/mol. The van der Waals surface area contributed by atoms with Crippen molar-refractivity contribution in [1.82, 2.24) is 9.88 Å².